The summed E-state index contributed by atoms with van der Waals surface area (Å²) in [5.74, 6) is 0.889. The number of nitrogens with zero attached hydrogens (tertiary/aromatic N) is 2. The molecule has 2 N–H and O–H groups in total. The number of imidazole rings is 1. The van der Waals surface area contributed by atoms with Crippen LogP contribution in [-0.2, 0) is 0 Å². The van der Waals surface area contributed by atoms with E-state index in [1.807, 2.05) is 14.0 Å². The molecule has 5 heteroatoms. The molecule has 90 valence electrons. The summed E-state index contributed by atoms with van der Waals surface area (Å²) < 4.78 is 0. The van der Waals surface area contributed by atoms with Gasteiger partial charge in [0.1, 0.15) is 5.82 Å². The first-order valence-electron chi connectivity index (χ1n) is 5.83. The number of aromatic amines is 1. The zero-order chi connectivity index (χ0) is 11.5. The summed E-state index contributed by atoms with van der Waals surface area (Å²) in [5, 5.41) is 3.85. The molecule has 16 heavy (non-hydrogen) atoms. The molecule has 2 rings (SSSR count). The van der Waals surface area contributed by atoms with E-state index >= 15 is 0 Å². The fourth-order valence-corrected chi connectivity index (χ4v) is 2.66. The molecule has 1 aromatic heterocycles. The molecule has 1 aromatic rings. The first-order valence-corrected chi connectivity index (χ1v) is 6.21. The van der Waals surface area contributed by atoms with Crippen LogP contribution in [0.3, 0.4) is 0 Å². The monoisotopic (exact) mass is 242 g/mol. The summed E-state index contributed by atoms with van der Waals surface area (Å²) in [4.78, 5) is 9.99. The van der Waals surface area contributed by atoms with Gasteiger partial charge in [-0.1, -0.05) is 11.6 Å². The number of halogens is 1. The number of likely N-dealkylation sites (tertiary alicyclic amines) is 1. The molecular weight excluding hydrogens is 224 g/mol. The van der Waals surface area contributed by atoms with Gasteiger partial charge in [0.2, 0.25) is 0 Å². The third-order valence-corrected chi connectivity index (χ3v) is 3.40. The van der Waals surface area contributed by atoms with Crippen LogP contribution in [-0.4, -0.2) is 41.5 Å². The summed E-state index contributed by atoms with van der Waals surface area (Å²) in [6.45, 7) is 5.15. The quantitative estimate of drug-likeness (QED) is 0.845. The Bertz CT molecular complexity index is 344. The van der Waals surface area contributed by atoms with E-state index in [0.717, 1.165) is 31.2 Å². The van der Waals surface area contributed by atoms with Gasteiger partial charge >= 0.3 is 0 Å². The van der Waals surface area contributed by atoms with E-state index < -0.39 is 0 Å². The standard InChI is InChI=1S/C11H19ClN4/c1-8-14-10(11(12)15-8)9(7-13-2)16-5-3-4-6-16/h9,13H,3-7H2,1-2H3,(H,14,15). The predicted molar refractivity (Wildman–Crippen MR) is 65.8 cm³/mol. The van der Waals surface area contributed by atoms with E-state index in [-0.39, 0.29) is 0 Å². The van der Waals surface area contributed by atoms with Crippen molar-refractivity contribution in [2.24, 2.45) is 0 Å². The third kappa shape index (κ3) is 2.39. The Balaban J connectivity index is 2.20. The van der Waals surface area contributed by atoms with Crippen LogP contribution in [0.1, 0.15) is 30.4 Å². The lowest BCUT2D eigenvalue weighted by atomic mass is 10.2. The second-order valence-electron chi connectivity index (χ2n) is 4.34. The zero-order valence-corrected chi connectivity index (χ0v) is 10.6. The molecule has 1 unspecified atom stereocenters. The van der Waals surface area contributed by atoms with Gasteiger partial charge in [-0.15, -0.1) is 0 Å². The van der Waals surface area contributed by atoms with Crippen molar-refractivity contribution in [3.05, 3.63) is 16.7 Å². The average molecular weight is 243 g/mol. The summed E-state index contributed by atoms with van der Waals surface area (Å²) in [5.41, 5.74) is 1.05. The molecule has 2 heterocycles. The average Bonchev–Trinajstić information content (AvgIpc) is 2.85. The van der Waals surface area contributed by atoms with Crippen molar-refractivity contribution in [2.45, 2.75) is 25.8 Å². The van der Waals surface area contributed by atoms with Crippen molar-refractivity contribution >= 4 is 11.6 Å². The van der Waals surface area contributed by atoms with Crippen molar-refractivity contribution in [1.29, 1.82) is 0 Å². The number of likely N-dealkylation sites (N-methyl/N-ethyl adjacent to an activating group) is 1. The van der Waals surface area contributed by atoms with Gasteiger partial charge in [-0.2, -0.15) is 0 Å². The van der Waals surface area contributed by atoms with Crippen LogP contribution in [0.25, 0.3) is 0 Å². The van der Waals surface area contributed by atoms with E-state index in [9.17, 15) is 0 Å². The summed E-state index contributed by atoms with van der Waals surface area (Å²) in [6.07, 6.45) is 2.57. The van der Waals surface area contributed by atoms with Crippen LogP contribution in [0.15, 0.2) is 0 Å². The molecule has 0 radical (unpaired) electrons. The van der Waals surface area contributed by atoms with Gasteiger partial charge in [0.15, 0.2) is 5.15 Å². The minimum absolute atomic E-state index is 0.321. The number of aryl methyl sites for hydroxylation is 1. The number of aromatic nitrogens is 2. The minimum Gasteiger partial charge on any atom is -0.343 e. The molecule has 0 spiro atoms. The van der Waals surface area contributed by atoms with Crippen molar-refractivity contribution in [3.63, 3.8) is 0 Å². The molecule has 0 aromatic carbocycles. The summed E-state index contributed by atoms with van der Waals surface area (Å²) in [6, 6.07) is 0.321. The van der Waals surface area contributed by atoms with Gasteiger partial charge in [-0.05, 0) is 39.9 Å². The lowest BCUT2D eigenvalue weighted by Gasteiger charge is -2.26. The highest BCUT2D eigenvalue weighted by atomic mass is 35.5. The van der Waals surface area contributed by atoms with Gasteiger partial charge < -0.3 is 10.3 Å². The number of hydrogen-bond acceptors (Lipinski definition) is 3. The maximum atomic E-state index is 6.16. The first kappa shape index (κ1) is 11.9. The second kappa shape index (κ2) is 5.17. The third-order valence-electron chi connectivity index (χ3n) is 3.12. The van der Waals surface area contributed by atoms with E-state index in [0.29, 0.717) is 11.2 Å². The van der Waals surface area contributed by atoms with Crippen LogP contribution in [0.2, 0.25) is 5.15 Å². The molecule has 1 aliphatic heterocycles. The Morgan fingerprint density at radius 1 is 1.50 bits per heavy atom. The molecule has 1 saturated heterocycles. The number of rotatable bonds is 4. The minimum atomic E-state index is 0.321. The van der Waals surface area contributed by atoms with E-state index in [1.165, 1.54) is 12.8 Å². The number of hydrogen-bond donors (Lipinski definition) is 2. The van der Waals surface area contributed by atoms with Gasteiger partial charge in [0.25, 0.3) is 0 Å². The van der Waals surface area contributed by atoms with E-state index in [2.05, 4.69) is 20.2 Å². The fourth-order valence-electron chi connectivity index (χ4n) is 2.36. The van der Waals surface area contributed by atoms with E-state index in [1.54, 1.807) is 0 Å². The summed E-state index contributed by atoms with van der Waals surface area (Å²) >= 11 is 6.16. The smallest absolute Gasteiger partial charge is 0.152 e. The van der Waals surface area contributed by atoms with Crippen molar-refractivity contribution in [2.75, 3.05) is 26.7 Å². The Morgan fingerprint density at radius 2 is 2.19 bits per heavy atom. The molecule has 1 aliphatic rings. The Hall–Kier alpha value is -0.580. The van der Waals surface area contributed by atoms with Crippen LogP contribution in [0.5, 0.6) is 0 Å². The van der Waals surface area contributed by atoms with Crippen molar-refractivity contribution in [1.82, 2.24) is 20.2 Å². The number of H-pyrrole nitrogens is 1. The predicted octanol–water partition coefficient (Wildman–Crippen LogP) is 1.73. The highest BCUT2D eigenvalue weighted by molar-refractivity contribution is 6.30. The van der Waals surface area contributed by atoms with Crippen LogP contribution < -0.4 is 5.32 Å². The van der Waals surface area contributed by atoms with E-state index in [4.69, 9.17) is 11.6 Å². The Kier molecular flexibility index (Phi) is 3.84. The Morgan fingerprint density at radius 3 is 2.69 bits per heavy atom. The normalized spacial score (nSPS) is 19.2. The molecule has 0 bridgehead atoms. The topological polar surface area (TPSA) is 44.0 Å². The van der Waals surface area contributed by atoms with Gasteiger partial charge in [-0.25, -0.2) is 4.98 Å². The first-order chi connectivity index (χ1) is 7.72. The molecule has 1 fully saturated rings. The SMILES string of the molecule is CNCC(c1[nH]c(C)nc1Cl)N1CCCC1. The highest BCUT2D eigenvalue weighted by Crippen LogP contribution is 2.28. The van der Waals surface area contributed by atoms with Crippen molar-refractivity contribution < 1.29 is 0 Å². The molecule has 4 nitrogen and oxygen atoms in total. The largest absolute Gasteiger partial charge is 0.343 e. The molecule has 0 saturated carbocycles. The van der Waals surface area contributed by atoms with Crippen LogP contribution in [0, 0.1) is 6.92 Å². The maximum Gasteiger partial charge on any atom is 0.152 e. The van der Waals surface area contributed by atoms with Gasteiger partial charge in [0.05, 0.1) is 11.7 Å². The lowest BCUT2D eigenvalue weighted by Crippen LogP contribution is -2.33. The fraction of sp³-hybridized carbons (Fsp3) is 0.727. The van der Waals surface area contributed by atoms with Crippen molar-refractivity contribution in [3.8, 4) is 0 Å². The van der Waals surface area contributed by atoms with Gasteiger partial charge in [-0.3, -0.25) is 4.90 Å². The maximum absolute atomic E-state index is 6.16. The van der Waals surface area contributed by atoms with Gasteiger partial charge in [0, 0.05) is 6.54 Å². The number of nitrogens with one attached hydrogen (secondary N) is 2. The molecule has 0 amide bonds. The zero-order valence-electron chi connectivity index (χ0n) is 9.89. The molecule has 1 atom stereocenters. The van der Waals surface area contributed by atoms with Crippen LogP contribution in [0.4, 0.5) is 0 Å². The lowest BCUT2D eigenvalue weighted by molar-refractivity contribution is 0.238. The summed E-state index contributed by atoms with van der Waals surface area (Å²) in [7, 11) is 1.97. The second-order valence-corrected chi connectivity index (χ2v) is 4.70. The molecule has 0 aliphatic carbocycles. The van der Waals surface area contributed by atoms with Crippen LogP contribution >= 0.6 is 11.6 Å². The highest BCUT2D eigenvalue weighted by Gasteiger charge is 2.26. The Labute approximate surface area is 101 Å². The molecular formula is C11H19ClN4.